The number of nitrogens with zero attached hydrogens (tertiary/aromatic N) is 1. The molecule has 2 atom stereocenters. The first-order valence-corrected chi connectivity index (χ1v) is 4.51. The zero-order chi connectivity index (χ0) is 6.85. The number of likely N-dealkylation sites (N-methyl/N-ethyl adjacent to an activating group) is 1. The number of halogens is 1. The summed E-state index contributed by atoms with van der Waals surface area (Å²) >= 11 is 2.43. The Balaban J connectivity index is 2.34. The maximum atomic E-state index is 3.45. The Morgan fingerprint density at radius 3 is 2.67 bits per heavy atom. The van der Waals surface area contributed by atoms with Crippen LogP contribution in [0.5, 0.6) is 0 Å². The van der Waals surface area contributed by atoms with Gasteiger partial charge in [-0.05, 0) is 14.0 Å². The zero-order valence-electron chi connectivity index (χ0n) is 5.89. The highest BCUT2D eigenvalue weighted by Gasteiger charge is 2.17. The van der Waals surface area contributed by atoms with E-state index in [0.717, 1.165) is 0 Å². The predicted molar refractivity (Wildman–Crippen MR) is 47.9 cm³/mol. The molecule has 0 radical (unpaired) electrons. The van der Waals surface area contributed by atoms with Gasteiger partial charge in [0, 0.05) is 19.1 Å². The van der Waals surface area contributed by atoms with Crippen LogP contribution in [0.3, 0.4) is 0 Å². The van der Waals surface area contributed by atoms with Crippen molar-refractivity contribution in [3.63, 3.8) is 0 Å². The molecule has 1 heterocycles. The Labute approximate surface area is 70.1 Å². The third-order valence-electron chi connectivity index (χ3n) is 1.52. The zero-order valence-corrected chi connectivity index (χ0v) is 8.05. The molecule has 0 aliphatic carbocycles. The Kier molecular flexibility index (Phi) is 2.73. The summed E-state index contributed by atoms with van der Waals surface area (Å²) in [5.74, 6) is 0. The molecule has 2 nitrogen and oxygen atoms in total. The highest BCUT2D eigenvalue weighted by Crippen LogP contribution is 2.06. The summed E-state index contributed by atoms with van der Waals surface area (Å²) in [7, 11) is 2.17. The molecule has 9 heavy (non-hydrogen) atoms. The summed E-state index contributed by atoms with van der Waals surface area (Å²) in [5.41, 5.74) is 0. The highest BCUT2D eigenvalue weighted by atomic mass is 127. The number of rotatable bonds is 0. The number of alkyl halides is 1. The van der Waals surface area contributed by atoms with E-state index in [1.165, 1.54) is 13.1 Å². The first-order chi connectivity index (χ1) is 4.18. The van der Waals surface area contributed by atoms with Crippen LogP contribution < -0.4 is 5.32 Å². The van der Waals surface area contributed by atoms with Crippen molar-refractivity contribution in [2.75, 3.05) is 20.1 Å². The van der Waals surface area contributed by atoms with E-state index in [4.69, 9.17) is 0 Å². The maximum absolute atomic E-state index is 3.45. The Hall–Kier alpha value is 0.650. The lowest BCUT2D eigenvalue weighted by Crippen LogP contribution is -2.51. The molecule has 0 aromatic carbocycles. The lowest BCUT2D eigenvalue weighted by molar-refractivity contribution is 0.241. The highest BCUT2D eigenvalue weighted by molar-refractivity contribution is 14.1. The fourth-order valence-corrected chi connectivity index (χ4v) is 2.52. The third kappa shape index (κ3) is 2.39. The van der Waals surface area contributed by atoms with E-state index in [0.29, 0.717) is 10.1 Å². The lowest BCUT2D eigenvalue weighted by Gasteiger charge is -2.32. The van der Waals surface area contributed by atoms with Crippen LogP contribution in [0.4, 0.5) is 0 Å². The van der Waals surface area contributed by atoms with E-state index in [-0.39, 0.29) is 0 Å². The van der Waals surface area contributed by atoms with Crippen molar-refractivity contribution in [1.29, 1.82) is 0 Å². The van der Waals surface area contributed by atoms with Crippen LogP contribution in [0.1, 0.15) is 6.92 Å². The van der Waals surface area contributed by atoms with Gasteiger partial charge in [-0.1, -0.05) is 22.6 Å². The van der Waals surface area contributed by atoms with Gasteiger partial charge in [-0.2, -0.15) is 0 Å². The molecule has 1 aliphatic heterocycles. The van der Waals surface area contributed by atoms with E-state index in [1.807, 2.05) is 0 Å². The summed E-state index contributed by atoms with van der Waals surface area (Å²) in [5, 5.41) is 3.45. The van der Waals surface area contributed by atoms with Gasteiger partial charge in [0.1, 0.15) is 0 Å². The van der Waals surface area contributed by atoms with Crippen LogP contribution in [0.2, 0.25) is 0 Å². The normalized spacial score (nSPS) is 39.0. The van der Waals surface area contributed by atoms with E-state index in [2.05, 4.69) is 46.8 Å². The molecule has 1 aliphatic rings. The fourth-order valence-electron chi connectivity index (χ4n) is 1.23. The molecule has 2 unspecified atom stereocenters. The van der Waals surface area contributed by atoms with Gasteiger partial charge in [-0.25, -0.2) is 0 Å². The second-order valence-electron chi connectivity index (χ2n) is 2.76. The van der Waals surface area contributed by atoms with Gasteiger partial charge in [0.05, 0.1) is 4.05 Å². The fraction of sp³-hybridized carbons (Fsp3) is 1.00. The van der Waals surface area contributed by atoms with Crippen molar-refractivity contribution in [3.8, 4) is 0 Å². The van der Waals surface area contributed by atoms with E-state index < -0.39 is 0 Å². The van der Waals surface area contributed by atoms with Gasteiger partial charge in [0.25, 0.3) is 0 Å². The van der Waals surface area contributed by atoms with Gasteiger partial charge in [0.2, 0.25) is 0 Å². The molecular weight excluding hydrogens is 227 g/mol. The van der Waals surface area contributed by atoms with E-state index in [1.54, 1.807) is 0 Å². The summed E-state index contributed by atoms with van der Waals surface area (Å²) < 4.78 is 0.636. The second-order valence-corrected chi connectivity index (χ2v) is 4.26. The minimum atomic E-state index is 0.636. The molecule has 0 aromatic rings. The quantitative estimate of drug-likeness (QED) is 0.380. The summed E-state index contributed by atoms with van der Waals surface area (Å²) in [4.78, 5) is 2.36. The molecule has 1 saturated heterocycles. The van der Waals surface area contributed by atoms with Crippen LogP contribution in [0, 0.1) is 0 Å². The topological polar surface area (TPSA) is 15.3 Å². The molecule has 3 heteroatoms. The Morgan fingerprint density at radius 2 is 2.22 bits per heavy atom. The molecule has 1 fully saturated rings. The van der Waals surface area contributed by atoms with E-state index in [9.17, 15) is 0 Å². The van der Waals surface area contributed by atoms with Crippen molar-refractivity contribution in [2.45, 2.75) is 17.0 Å². The first kappa shape index (κ1) is 7.75. The molecule has 0 bridgehead atoms. The monoisotopic (exact) mass is 240 g/mol. The predicted octanol–water partition coefficient (Wildman–Crippen LogP) is 0.671. The molecule has 0 spiro atoms. The molecule has 0 amide bonds. The third-order valence-corrected chi connectivity index (χ3v) is 2.28. The minimum absolute atomic E-state index is 0.636. The standard InChI is InChI=1S/C6H13IN2/c1-5-3-9(2)4-6(7)8-5/h5-6,8H,3-4H2,1-2H3. The molecular formula is C6H13IN2. The molecule has 54 valence electrons. The first-order valence-electron chi connectivity index (χ1n) is 3.27. The van der Waals surface area contributed by atoms with Crippen molar-refractivity contribution < 1.29 is 0 Å². The summed E-state index contributed by atoms with van der Waals surface area (Å²) in [6.07, 6.45) is 0. The number of nitrogens with one attached hydrogen (secondary N) is 1. The SMILES string of the molecule is CC1CN(C)CC(I)N1. The minimum Gasteiger partial charge on any atom is -0.302 e. The molecule has 1 N–H and O–H groups in total. The van der Waals surface area contributed by atoms with Gasteiger partial charge in [-0.3, -0.25) is 0 Å². The summed E-state index contributed by atoms with van der Waals surface area (Å²) in [6, 6.07) is 0.658. The largest absolute Gasteiger partial charge is 0.302 e. The summed E-state index contributed by atoms with van der Waals surface area (Å²) in [6.45, 7) is 4.58. The molecule has 1 rings (SSSR count). The van der Waals surface area contributed by atoms with Crippen LogP contribution in [-0.2, 0) is 0 Å². The van der Waals surface area contributed by atoms with Crippen LogP contribution in [-0.4, -0.2) is 35.1 Å². The van der Waals surface area contributed by atoms with Crippen molar-refractivity contribution in [2.24, 2.45) is 0 Å². The van der Waals surface area contributed by atoms with Gasteiger partial charge >= 0.3 is 0 Å². The second kappa shape index (κ2) is 3.16. The maximum Gasteiger partial charge on any atom is 0.0724 e. The van der Waals surface area contributed by atoms with Crippen molar-refractivity contribution in [1.82, 2.24) is 10.2 Å². The average Bonchev–Trinajstić information content (AvgIpc) is 1.59. The van der Waals surface area contributed by atoms with Crippen LogP contribution in [0.25, 0.3) is 0 Å². The van der Waals surface area contributed by atoms with Gasteiger partial charge < -0.3 is 10.2 Å². The van der Waals surface area contributed by atoms with Crippen molar-refractivity contribution >= 4 is 22.6 Å². The Bertz CT molecular complexity index is 72.0. The lowest BCUT2D eigenvalue weighted by atomic mass is 10.2. The Morgan fingerprint density at radius 1 is 1.56 bits per heavy atom. The van der Waals surface area contributed by atoms with Gasteiger partial charge in [0.15, 0.2) is 0 Å². The number of piperazine rings is 1. The molecule has 0 saturated carbocycles. The van der Waals surface area contributed by atoms with Crippen molar-refractivity contribution in [3.05, 3.63) is 0 Å². The smallest absolute Gasteiger partial charge is 0.0724 e. The number of hydrogen-bond acceptors (Lipinski definition) is 2. The number of hydrogen-bond donors (Lipinski definition) is 1. The van der Waals surface area contributed by atoms with E-state index >= 15 is 0 Å². The van der Waals surface area contributed by atoms with Crippen LogP contribution in [0.15, 0.2) is 0 Å². The average molecular weight is 240 g/mol. The molecule has 0 aromatic heterocycles. The van der Waals surface area contributed by atoms with Crippen LogP contribution >= 0.6 is 22.6 Å². The van der Waals surface area contributed by atoms with Gasteiger partial charge in [-0.15, -0.1) is 0 Å².